The van der Waals surface area contributed by atoms with Gasteiger partial charge in [-0.1, -0.05) is 12.1 Å². The molecular formula is C17H16N4O5. The van der Waals surface area contributed by atoms with Crippen molar-refractivity contribution in [3.05, 3.63) is 46.4 Å². The number of methoxy groups -OCH3 is 2. The molecule has 0 atom stereocenters. The Hall–Kier alpha value is -3.49. The van der Waals surface area contributed by atoms with Crippen LogP contribution in [-0.2, 0) is 4.74 Å². The summed E-state index contributed by atoms with van der Waals surface area (Å²) < 4.78 is 16.4. The SMILES string of the molecule is CCOC(=O)c1nc2ccccc2n(-c2nc(OC)cc(OC)n2)c1=O. The molecule has 26 heavy (non-hydrogen) atoms. The third kappa shape index (κ3) is 3.06. The fourth-order valence-electron chi connectivity index (χ4n) is 2.36. The van der Waals surface area contributed by atoms with E-state index in [0.717, 1.165) is 0 Å². The van der Waals surface area contributed by atoms with Crippen LogP contribution < -0.4 is 15.0 Å². The minimum absolute atomic E-state index is 0.00431. The fourth-order valence-corrected chi connectivity index (χ4v) is 2.36. The van der Waals surface area contributed by atoms with Gasteiger partial charge in [0.1, 0.15) is 0 Å². The molecule has 0 aliphatic carbocycles. The first-order valence-corrected chi connectivity index (χ1v) is 7.75. The highest BCUT2D eigenvalue weighted by Gasteiger charge is 2.21. The number of carbonyl (C=O) groups is 1. The predicted molar refractivity (Wildman–Crippen MR) is 92.0 cm³/mol. The summed E-state index contributed by atoms with van der Waals surface area (Å²) in [4.78, 5) is 37.6. The smallest absolute Gasteiger partial charge is 0.362 e. The van der Waals surface area contributed by atoms with Crippen LogP contribution in [0.4, 0.5) is 0 Å². The monoisotopic (exact) mass is 356 g/mol. The van der Waals surface area contributed by atoms with Crippen molar-refractivity contribution in [3.8, 4) is 17.7 Å². The molecule has 1 aromatic carbocycles. The third-order valence-corrected chi connectivity index (χ3v) is 3.51. The van der Waals surface area contributed by atoms with E-state index in [2.05, 4.69) is 15.0 Å². The van der Waals surface area contributed by atoms with Crippen LogP contribution >= 0.6 is 0 Å². The van der Waals surface area contributed by atoms with Gasteiger partial charge in [-0.25, -0.2) is 14.3 Å². The number of esters is 1. The largest absolute Gasteiger partial charge is 0.481 e. The highest BCUT2D eigenvalue weighted by molar-refractivity contribution is 5.90. The number of carbonyl (C=O) groups excluding carboxylic acids is 1. The van der Waals surface area contributed by atoms with Crippen LogP contribution in [0.3, 0.4) is 0 Å². The van der Waals surface area contributed by atoms with Crippen LogP contribution in [0.2, 0.25) is 0 Å². The van der Waals surface area contributed by atoms with Gasteiger partial charge in [-0.2, -0.15) is 9.97 Å². The zero-order chi connectivity index (χ0) is 18.7. The van der Waals surface area contributed by atoms with Crippen molar-refractivity contribution in [2.24, 2.45) is 0 Å². The van der Waals surface area contributed by atoms with Crippen molar-refractivity contribution in [1.29, 1.82) is 0 Å². The maximum Gasteiger partial charge on any atom is 0.362 e. The molecule has 2 heterocycles. The van der Waals surface area contributed by atoms with Crippen LogP contribution in [-0.4, -0.2) is 46.3 Å². The Balaban J connectivity index is 2.36. The molecule has 2 aromatic heterocycles. The molecule has 9 nitrogen and oxygen atoms in total. The Morgan fingerprint density at radius 1 is 1.08 bits per heavy atom. The van der Waals surface area contributed by atoms with Crippen molar-refractivity contribution >= 4 is 17.0 Å². The average molecular weight is 356 g/mol. The molecule has 3 rings (SSSR count). The third-order valence-electron chi connectivity index (χ3n) is 3.51. The number of hydrogen-bond acceptors (Lipinski definition) is 8. The highest BCUT2D eigenvalue weighted by Crippen LogP contribution is 2.19. The summed E-state index contributed by atoms with van der Waals surface area (Å²) in [6.07, 6.45) is 0. The lowest BCUT2D eigenvalue weighted by atomic mass is 10.2. The fraction of sp³-hybridized carbons (Fsp3) is 0.235. The molecular weight excluding hydrogens is 340 g/mol. The van der Waals surface area contributed by atoms with E-state index < -0.39 is 11.5 Å². The van der Waals surface area contributed by atoms with Crippen molar-refractivity contribution in [2.75, 3.05) is 20.8 Å². The summed E-state index contributed by atoms with van der Waals surface area (Å²) in [6.45, 7) is 1.77. The minimum atomic E-state index is -0.813. The lowest BCUT2D eigenvalue weighted by molar-refractivity contribution is 0.0517. The molecule has 0 amide bonds. The highest BCUT2D eigenvalue weighted by atomic mass is 16.5. The topological polar surface area (TPSA) is 105 Å². The van der Waals surface area contributed by atoms with E-state index in [4.69, 9.17) is 14.2 Å². The van der Waals surface area contributed by atoms with E-state index in [1.807, 2.05) is 0 Å². The van der Waals surface area contributed by atoms with Crippen molar-refractivity contribution in [2.45, 2.75) is 6.92 Å². The summed E-state index contributed by atoms with van der Waals surface area (Å²) in [5.74, 6) is -0.406. The lowest BCUT2D eigenvalue weighted by Gasteiger charge is -2.12. The van der Waals surface area contributed by atoms with E-state index in [0.29, 0.717) is 11.0 Å². The Kier molecular flexibility index (Phi) is 4.78. The summed E-state index contributed by atoms with van der Waals surface area (Å²) in [5, 5.41) is 0. The van der Waals surface area contributed by atoms with Crippen molar-refractivity contribution in [1.82, 2.24) is 19.5 Å². The number of para-hydroxylation sites is 2. The summed E-state index contributed by atoms with van der Waals surface area (Å²) in [5.41, 5.74) is -0.199. The van der Waals surface area contributed by atoms with Gasteiger partial charge in [-0.05, 0) is 19.1 Å². The van der Waals surface area contributed by atoms with Crippen LogP contribution in [0, 0.1) is 0 Å². The second-order valence-corrected chi connectivity index (χ2v) is 5.06. The zero-order valence-electron chi connectivity index (χ0n) is 14.4. The minimum Gasteiger partial charge on any atom is -0.481 e. The van der Waals surface area contributed by atoms with Crippen LogP contribution in [0.15, 0.2) is 35.1 Å². The molecule has 0 fully saturated rings. The average Bonchev–Trinajstić information content (AvgIpc) is 2.67. The van der Waals surface area contributed by atoms with Crippen LogP contribution in [0.1, 0.15) is 17.4 Å². The van der Waals surface area contributed by atoms with E-state index in [9.17, 15) is 9.59 Å². The Bertz CT molecular complexity index is 1010. The van der Waals surface area contributed by atoms with Crippen LogP contribution in [0.25, 0.3) is 17.0 Å². The molecule has 0 bridgehead atoms. The van der Waals surface area contributed by atoms with E-state index in [1.165, 1.54) is 24.9 Å². The normalized spacial score (nSPS) is 10.6. The van der Waals surface area contributed by atoms with E-state index in [-0.39, 0.29) is 30.0 Å². The van der Waals surface area contributed by atoms with Gasteiger partial charge in [-0.15, -0.1) is 0 Å². The Labute approximate surface area is 148 Å². The summed E-state index contributed by atoms with van der Waals surface area (Å²) in [6, 6.07) is 8.30. The van der Waals surface area contributed by atoms with Gasteiger partial charge >= 0.3 is 5.97 Å². The van der Waals surface area contributed by atoms with Gasteiger partial charge < -0.3 is 14.2 Å². The molecule has 0 radical (unpaired) electrons. The second kappa shape index (κ2) is 7.18. The van der Waals surface area contributed by atoms with Crippen LogP contribution in [0.5, 0.6) is 11.8 Å². The molecule has 9 heteroatoms. The Morgan fingerprint density at radius 3 is 2.35 bits per heavy atom. The van der Waals surface area contributed by atoms with Gasteiger partial charge in [-0.3, -0.25) is 4.79 Å². The first kappa shape index (κ1) is 17.3. The number of fused-ring (bicyclic) bond motifs is 1. The number of nitrogens with zero attached hydrogens (tertiary/aromatic N) is 4. The lowest BCUT2D eigenvalue weighted by Crippen LogP contribution is -2.29. The van der Waals surface area contributed by atoms with E-state index in [1.54, 1.807) is 31.2 Å². The maximum absolute atomic E-state index is 12.9. The molecule has 0 unspecified atom stereocenters. The number of hydrogen-bond donors (Lipinski definition) is 0. The molecule has 0 N–H and O–H groups in total. The second-order valence-electron chi connectivity index (χ2n) is 5.06. The molecule has 0 saturated heterocycles. The number of rotatable bonds is 5. The quantitative estimate of drug-likeness (QED) is 0.631. The first-order chi connectivity index (χ1) is 12.6. The summed E-state index contributed by atoms with van der Waals surface area (Å²) in [7, 11) is 2.87. The van der Waals surface area contributed by atoms with Gasteiger partial charge in [0.15, 0.2) is 0 Å². The summed E-state index contributed by atoms with van der Waals surface area (Å²) >= 11 is 0. The van der Waals surface area contributed by atoms with Crippen molar-refractivity contribution in [3.63, 3.8) is 0 Å². The Morgan fingerprint density at radius 2 is 1.73 bits per heavy atom. The van der Waals surface area contributed by atoms with E-state index >= 15 is 0 Å². The van der Waals surface area contributed by atoms with Gasteiger partial charge in [0.2, 0.25) is 23.4 Å². The maximum atomic E-state index is 12.9. The number of benzene rings is 1. The molecule has 0 aliphatic rings. The number of ether oxygens (including phenoxy) is 3. The molecule has 134 valence electrons. The predicted octanol–water partition coefficient (Wildman–Crippen LogP) is 1.37. The van der Waals surface area contributed by atoms with Crippen molar-refractivity contribution < 1.29 is 19.0 Å². The molecule has 0 saturated carbocycles. The molecule has 3 aromatic rings. The first-order valence-electron chi connectivity index (χ1n) is 7.75. The molecule has 0 spiro atoms. The number of aromatic nitrogens is 4. The van der Waals surface area contributed by atoms with Gasteiger partial charge in [0.25, 0.3) is 5.56 Å². The standard InChI is InChI=1S/C17H16N4O5/c1-4-26-16(23)14-15(22)21(11-8-6-5-7-10(11)18-14)17-19-12(24-2)9-13(20-17)25-3/h5-9H,4H2,1-3H3. The van der Waals surface area contributed by atoms with Gasteiger partial charge in [0.05, 0.1) is 37.9 Å². The zero-order valence-corrected chi connectivity index (χ0v) is 14.4. The molecule has 0 aliphatic heterocycles. The van der Waals surface area contributed by atoms with Gasteiger partial charge in [0, 0.05) is 0 Å².